The zero-order chi connectivity index (χ0) is 23.3. The van der Waals surface area contributed by atoms with E-state index in [0.29, 0.717) is 19.5 Å². The van der Waals surface area contributed by atoms with Gasteiger partial charge in [0.25, 0.3) is 0 Å². The van der Waals surface area contributed by atoms with Crippen molar-refractivity contribution in [2.75, 3.05) is 18.1 Å². The molecule has 0 aliphatic carbocycles. The number of hydrogen-bond donors (Lipinski definition) is 1. The monoisotopic (exact) mass is 488 g/mol. The summed E-state index contributed by atoms with van der Waals surface area (Å²) in [5.74, 6) is 0.748. The Labute approximate surface area is 206 Å². The van der Waals surface area contributed by atoms with Crippen LogP contribution in [0.1, 0.15) is 11.5 Å². The van der Waals surface area contributed by atoms with E-state index < -0.39 is 0 Å². The van der Waals surface area contributed by atoms with Crippen molar-refractivity contribution in [2.45, 2.75) is 17.9 Å². The van der Waals surface area contributed by atoms with E-state index >= 15 is 0 Å². The fraction of sp³-hybridized carbons (Fsp3) is 0.154. The van der Waals surface area contributed by atoms with E-state index in [-0.39, 0.29) is 6.03 Å². The third-order valence-electron chi connectivity index (χ3n) is 5.55. The molecule has 2 aromatic carbocycles. The molecule has 172 valence electrons. The maximum absolute atomic E-state index is 13.2. The van der Waals surface area contributed by atoms with Gasteiger partial charge in [-0.15, -0.1) is 23.1 Å². The zero-order valence-electron chi connectivity index (χ0n) is 18.7. The van der Waals surface area contributed by atoms with Crippen molar-refractivity contribution in [1.82, 2.24) is 14.3 Å². The number of thiazole rings is 1. The molecule has 0 bridgehead atoms. The van der Waals surface area contributed by atoms with Gasteiger partial charge in [-0.1, -0.05) is 30.3 Å². The number of imidazole rings is 1. The Hall–Kier alpha value is -3.49. The number of nitrogens with one attached hydrogen (secondary N) is 1. The summed E-state index contributed by atoms with van der Waals surface area (Å²) in [7, 11) is 0. The molecule has 0 unspecified atom stereocenters. The van der Waals surface area contributed by atoms with Crippen LogP contribution in [0.25, 0.3) is 16.2 Å². The fourth-order valence-corrected chi connectivity index (χ4v) is 5.04. The van der Waals surface area contributed by atoms with Crippen LogP contribution in [0.15, 0.2) is 93.9 Å². The molecule has 8 heteroatoms. The van der Waals surface area contributed by atoms with E-state index in [2.05, 4.69) is 33.4 Å². The number of aromatic nitrogens is 2. The molecular weight excluding hydrogens is 464 g/mol. The van der Waals surface area contributed by atoms with Gasteiger partial charge in [-0.2, -0.15) is 0 Å². The topological polar surface area (TPSA) is 62.8 Å². The molecule has 0 atom stereocenters. The molecule has 0 fully saturated rings. The van der Waals surface area contributed by atoms with Crippen LogP contribution in [-0.2, 0) is 13.0 Å². The predicted molar refractivity (Wildman–Crippen MR) is 139 cm³/mol. The molecule has 3 heterocycles. The first-order valence-electron chi connectivity index (χ1n) is 10.9. The third kappa shape index (κ3) is 5.03. The first-order chi connectivity index (χ1) is 16.7. The molecule has 0 aliphatic rings. The first kappa shape index (κ1) is 22.3. The van der Waals surface area contributed by atoms with Gasteiger partial charge >= 0.3 is 6.03 Å². The molecule has 0 saturated heterocycles. The average Bonchev–Trinajstić information content (AvgIpc) is 3.61. The van der Waals surface area contributed by atoms with Crippen molar-refractivity contribution in [1.29, 1.82) is 0 Å². The van der Waals surface area contributed by atoms with Gasteiger partial charge in [0.1, 0.15) is 5.76 Å². The average molecular weight is 489 g/mol. The molecule has 0 saturated carbocycles. The van der Waals surface area contributed by atoms with Crippen molar-refractivity contribution in [3.05, 3.63) is 96.0 Å². The van der Waals surface area contributed by atoms with Gasteiger partial charge in [0.15, 0.2) is 4.96 Å². The number of benzene rings is 2. The minimum absolute atomic E-state index is 0.157. The molecular formula is C26H24N4O2S2. The second-order valence-electron chi connectivity index (χ2n) is 7.78. The highest BCUT2D eigenvalue weighted by atomic mass is 32.2. The van der Waals surface area contributed by atoms with Crippen LogP contribution in [0.5, 0.6) is 0 Å². The Morgan fingerprint density at radius 1 is 1.12 bits per heavy atom. The minimum atomic E-state index is -0.157. The Balaban J connectivity index is 1.32. The number of amides is 2. The number of carbonyl (C=O) groups excluding carboxylic acids is 1. The van der Waals surface area contributed by atoms with Gasteiger partial charge in [-0.05, 0) is 42.7 Å². The number of anilines is 1. The highest BCUT2D eigenvalue weighted by Crippen LogP contribution is 2.24. The molecule has 5 rings (SSSR count). The van der Waals surface area contributed by atoms with Crippen molar-refractivity contribution in [2.24, 2.45) is 0 Å². The lowest BCUT2D eigenvalue weighted by Gasteiger charge is -2.22. The van der Waals surface area contributed by atoms with Crippen LogP contribution in [0.3, 0.4) is 0 Å². The normalized spacial score (nSPS) is 11.1. The lowest BCUT2D eigenvalue weighted by Crippen LogP contribution is -2.36. The number of urea groups is 1. The van der Waals surface area contributed by atoms with Gasteiger partial charge in [0, 0.05) is 46.4 Å². The molecule has 0 radical (unpaired) electrons. The summed E-state index contributed by atoms with van der Waals surface area (Å²) in [5, 5.41) is 5.13. The second-order valence-corrected chi connectivity index (χ2v) is 9.50. The number of fused-ring (bicyclic) bond motifs is 1. The van der Waals surface area contributed by atoms with E-state index in [4.69, 9.17) is 9.40 Å². The van der Waals surface area contributed by atoms with Crippen LogP contribution in [0.2, 0.25) is 0 Å². The largest absolute Gasteiger partial charge is 0.467 e. The Bertz CT molecular complexity index is 1360. The van der Waals surface area contributed by atoms with Gasteiger partial charge in [-0.25, -0.2) is 9.78 Å². The number of thioether (sulfide) groups is 1. The van der Waals surface area contributed by atoms with Gasteiger partial charge in [0.2, 0.25) is 0 Å². The molecule has 1 N–H and O–H groups in total. The van der Waals surface area contributed by atoms with Crippen LogP contribution >= 0.6 is 23.1 Å². The molecule has 0 aliphatic heterocycles. The number of nitrogens with zero attached hydrogens (tertiary/aromatic N) is 3. The number of hydrogen-bond acceptors (Lipinski definition) is 5. The lowest BCUT2D eigenvalue weighted by atomic mass is 10.2. The van der Waals surface area contributed by atoms with Crippen LogP contribution < -0.4 is 5.32 Å². The molecule has 34 heavy (non-hydrogen) atoms. The molecule has 3 aromatic heterocycles. The first-order valence-corrected chi connectivity index (χ1v) is 13.0. The van der Waals surface area contributed by atoms with E-state index in [1.807, 2.05) is 60.9 Å². The summed E-state index contributed by atoms with van der Waals surface area (Å²) in [5.41, 5.74) is 3.94. The Kier molecular flexibility index (Phi) is 6.69. The van der Waals surface area contributed by atoms with Gasteiger partial charge in [0.05, 0.1) is 18.5 Å². The standard InChI is InChI=1S/C26H24N4O2S2/c1-33-23-11-9-20(10-12-23)27-25(31)29(16-22-8-5-15-32-22)14-13-21-18-34-26-28-24(17-30(21)26)19-6-3-2-4-7-19/h2-12,15,17-18H,13-14,16H2,1H3,(H,27,31). The number of rotatable bonds is 8. The van der Waals surface area contributed by atoms with E-state index in [0.717, 1.165) is 38.3 Å². The molecule has 0 spiro atoms. The number of carbonyl (C=O) groups is 1. The number of furan rings is 1. The predicted octanol–water partition coefficient (Wildman–Crippen LogP) is 6.65. The molecule has 5 aromatic rings. The van der Waals surface area contributed by atoms with Crippen LogP contribution in [0.4, 0.5) is 10.5 Å². The second kappa shape index (κ2) is 10.2. The van der Waals surface area contributed by atoms with Crippen LogP contribution in [-0.4, -0.2) is 33.1 Å². The highest BCUT2D eigenvalue weighted by molar-refractivity contribution is 7.98. The minimum Gasteiger partial charge on any atom is -0.467 e. The van der Waals surface area contributed by atoms with Gasteiger partial charge < -0.3 is 14.6 Å². The van der Waals surface area contributed by atoms with Crippen LogP contribution in [0, 0.1) is 0 Å². The smallest absolute Gasteiger partial charge is 0.322 e. The SMILES string of the molecule is CSc1ccc(NC(=O)N(CCc2csc3nc(-c4ccccc4)cn23)Cc2ccco2)cc1. The van der Waals surface area contributed by atoms with Gasteiger partial charge in [-0.3, -0.25) is 4.40 Å². The Morgan fingerprint density at radius 2 is 1.94 bits per heavy atom. The lowest BCUT2D eigenvalue weighted by molar-refractivity contribution is 0.204. The third-order valence-corrected chi connectivity index (χ3v) is 7.18. The van der Waals surface area contributed by atoms with Crippen molar-refractivity contribution in [3.8, 4) is 11.3 Å². The highest BCUT2D eigenvalue weighted by Gasteiger charge is 2.17. The Morgan fingerprint density at radius 3 is 2.68 bits per heavy atom. The van der Waals surface area contributed by atoms with Crippen molar-refractivity contribution >= 4 is 39.8 Å². The maximum atomic E-state index is 13.2. The fourth-order valence-electron chi connectivity index (χ4n) is 3.73. The van der Waals surface area contributed by atoms with E-state index in [1.54, 1.807) is 34.3 Å². The summed E-state index contributed by atoms with van der Waals surface area (Å²) >= 11 is 3.28. The zero-order valence-corrected chi connectivity index (χ0v) is 20.3. The molecule has 6 nitrogen and oxygen atoms in total. The summed E-state index contributed by atoms with van der Waals surface area (Å²) in [4.78, 5) is 21.8. The summed E-state index contributed by atoms with van der Waals surface area (Å²) in [6.07, 6.45) is 6.43. The van der Waals surface area contributed by atoms with E-state index in [1.165, 1.54) is 0 Å². The van der Waals surface area contributed by atoms with Crippen molar-refractivity contribution in [3.63, 3.8) is 0 Å². The summed E-state index contributed by atoms with van der Waals surface area (Å²) < 4.78 is 7.64. The quantitative estimate of drug-likeness (QED) is 0.248. The summed E-state index contributed by atoms with van der Waals surface area (Å²) in [6, 6.07) is 21.6. The van der Waals surface area contributed by atoms with E-state index in [9.17, 15) is 4.79 Å². The summed E-state index contributed by atoms with van der Waals surface area (Å²) in [6.45, 7) is 0.939. The maximum Gasteiger partial charge on any atom is 0.322 e. The molecule has 2 amide bonds. The van der Waals surface area contributed by atoms with Crippen molar-refractivity contribution < 1.29 is 9.21 Å².